The molecule has 0 saturated carbocycles. The molecule has 0 aromatic rings. The summed E-state index contributed by atoms with van der Waals surface area (Å²) < 4.78 is 0. The second kappa shape index (κ2) is 5.32. The Morgan fingerprint density at radius 2 is 1.69 bits per heavy atom. The minimum Gasteiger partial charge on any atom is -0.480 e. The number of hydrogen-bond acceptors (Lipinski definition) is 2. The topological polar surface area (TPSA) is 57.6 Å². The van der Waals surface area contributed by atoms with Gasteiger partial charge in [0.2, 0.25) is 5.91 Å². The molecule has 0 aliphatic heterocycles. The molecular weight excluding hydrogens is 206 g/mol. The van der Waals surface area contributed by atoms with E-state index in [4.69, 9.17) is 5.11 Å². The fourth-order valence-electron chi connectivity index (χ4n) is 1.10. The first-order chi connectivity index (χ1) is 7.10. The molecule has 0 radical (unpaired) electrons. The second-order valence-electron chi connectivity index (χ2n) is 5.24. The van der Waals surface area contributed by atoms with Crippen molar-refractivity contribution in [3.8, 4) is 0 Å². The summed E-state index contributed by atoms with van der Waals surface area (Å²) in [5, 5.41) is 9.01. The number of carboxylic acid groups (broad SMARTS) is 1. The van der Waals surface area contributed by atoms with Crippen LogP contribution < -0.4 is 0 Å². The zero-order chi connectivity index (χ0) is 13.1. The summed E-state index contributed by atoms with van der Waals surface area (Å²) in [5.74, 6) is -0.418. The van der Waals surface area contributed by atoms with Gasteiger partial charge in [0.1, 0.15) is 5.54 Å². The van der Waals surface area contributed by atoms with E-state index < -0.39 is 11.5 Å². The number of carbonyl (C=O) groups excluding carboxylic acids is 1. The average Bonchev–Trinajstić information content (AvgIpc) is 2.15. The minimum atomic E-state index is -1.15. The van der Waals surface area contributed by atoms with Crippen molar-refractivity contribution in [2.75, 3.05) is 7.05 Å². The van der Waals surface area contributed by atoms with Crippen molar-refractivity contribution >= 4 is 11.9 Å². The molecule has 0 aliphatic carbocycles. The molecular formula is C12H23NO3. The monoisotopic (exact) mass is 229 g/mol. The summed E-state index contributed by atoms with van der Waals surface area (Å²) in [5.41, 5.74) is -1.15. The van der Waals surface area contributed by atoms with E-state index in [1.165, 1.54) is 18.7 Å². The van der Waals surface area contributed by atoms with Crippen molar-refractivity contribution in [1.82, 2.24) is 4.90 Å². The maximum atomic E-state index is 11.9. The van der Waals surface area contributed by atoms with Crippen molar-refractivity contribution in [2.24, 2.45) is 11.8 Å². The van der Waals surface area contributed by atoms with E-state index in [2.05, 4.69) is 13.8 Å². The highest BCUT2D eigenvalue weighted by Gasteiger charge is 2.35. The number of amides is 1. The Hall–Kier alpha value is -1.06. The highest BCUT2D eigenvalue weighted by atomic mass is 16.4. The molecule has 4 heteroatoms. The van der Waals surface area contributed by atoms with Crippen molar-refractivity contribution in [2.45, 2.75) is 46.6 Å². The van der Waals surface area contributed by atoms with Crippen LogP contribution in [0.3, 0.4) is 0 Å². The lowest BCUT2D eigenvalue weighted by molar-refractivity contribution is -0.155. The van der Waals surface area contributed by atoms with E-state index in [0.717, 1.165) is 0 Å². The van der Waals surface area contributed by atoms with Gasteiger partial charge in [0, 0.05) is 13.5 Å². The van der Waals surface area contributed by atoms with Gasteiger partial charge < -0.3 is 10.0 Å². The number of hydrogen-bond donors (Lipinski definition) is 1. The van der Waals surface area contributed by atoms with E-state index in [-0.39, 0.29) is 11.8 Å². The Morgan fingerprint density at radius 1 is 1.25 bits per heavy atom. The zero-order valence-electron chi connectivity index (χ0n) is 11.1. The Morgan fingerprint density at radius 3 is 2.00 bits per heavy atom. The molecule has 0 rings (SSSR count). The summed E-state index contributed by atoms with van der Waals surface area (Å²) in [4.78, 5) is 24.2. The van der Waals surface area contributed by atoms with Crippen LogP contribution in [0, 0.1) is 11.8 Å². The second-order valence-corrected chi connectivity index (χ2v) is 5.24. The van der Waals surface area contributed by atoms with Crippen LogP contribution >= 0.6 is 0 Å². The Labute approximate surface area is 97.6 Å². The Balaban J connectivity index is 4.57. The van der Waals surface area contributed by atoms with Gasteiger partial charge in [-0.2, -0.15) is 0 Å². The maximum absolute atomic E-state index is 11.9. The van der Waals surface area contributed by atoms with Crippen LogP contribution in [0.2, 0.25) is 0 Å². The van der Waals surface area contributed by atoms with Gasteiger partial charge >= 0.3 is 5.97 Å². The van der Waals surface area contributed by atoms with Crippen LogP contribution in [-0.2, 0) is 9.59 Å². The molecule has 1 N–H and O–H groups in total. The molecule has 0 aliphatic rings. The number of aliphatic carboxylic acids is 1. The smallest absolute Gasteiger partial charge is 0.329 e. The van der Waals surface area contributed by atoms with E-state index in [9.17, 15) is 9.59 Å². The Kier molecular flexibility index (Phi) is 4.97. The Bertz CT molecular complexity index is 271. The number of carboxylic acids is 1. The highest BCUT2D eigenvalue weighted by molar-refractivity contribution is 5.86. The molecule has 0 aromatic carbocycles. The van der Waals surface area contributed by atoms with Gasteiger partial charge in [-0.1, -0.05) is 20.8 Å². The molecule has 0 aromatic heterocycles. The molecule has 4 nitrogen and oxygen atoms in total. The number of nitrogens with zero attached hydrogens (tertiary/aromatic N) is 1. The van der Waals surface area contributed by atoms with Crippen molar-refractivity contribution in [1.29, 1.82) is 0 Å². The fourth-order valence-corrected chi connectivity index (χ4v) is 1.10. The van der Waals surface area contributed by atoms with Crippen LogP contribution in [0.5, 0.6) is 0 Å². The van der Waals surface area contributed by atoms with E-state index in [0.29, 0.717) is 12.3 Å². The van der Waals surface area contributed by atoms with Crippen molar-refractivity contribution in [3.05, 3.63) is 0 Å². The van der Waals surface area contributed by atoms with Crippen LogP contribution in [0.4, 0.5) is 0 Å². The van der Waals surface area contributed by atoms with Gasteiger partial charge in [-0.25, -0.2) is 4.79 Å². The summed E-state index contributed by atoms with van der Waals surface area (Å²) in [6.07, 6.45) is 0.394. The maximum Gasteiger partial charge on any atom is 0.329 e. The summed E-state index contributed by atoms with van der Waals surface area (Å²) >= 11 is 0. The molecule has 1 atom stereocenters. The summed E-state index contributed by atoms with van der Waals surface area (Å²) in [7, 11) is 1.55. The zero-order valence-corrected chi connectivity index (χ0v) is 11.1. The van der Waals surface area contributed by atoms with Gasteiger partial charge in [-0.05, 0) is 25.7 Å². The van der Waals surface area contributed by atoms with Crippen molar-refractivity contribution in [3.63, 3.8) is 0 Å². The molecule has 0 fully saturated rings. The third kappa shape index (κ3) is 3.51. The van der Waals surface area contributed by atoms with E-state index >= 15 is 0 Å². The predicted octanol–water partition coefficient (Wildman–Crippen LogP) is 1.99. The third-order valence-electron chi connectivity index (χ3n) is 3.37. The van der Waals surface area contributed by atoms with Gasteiger partial charge in [0.15, 0.2) is 0 Å². The van der Waals surface area contributed by atoms with Gasteiger partial charge in [-0.3, -0.25) is 4.79 Å². The van der Waals surface area contributed by atoms with Gasteiger partial charge in [0.05, 0.1) is 0 Å². The standard InChI is InChI=1S/C12H23NO3/c1-8(2)9(3)7-10(14)13(6)12(4,5)11(15)16/h8-9H,7H2,1-6H3,(H,15,16). The van der Waals surface area contributed by atoms with Crippen LogP contribution in [-0.4, -0.2) is 34.5 Å². The molecule has 94 valence electrons. The number of carbonyl (C=O) groups is 2. The predicted molar refractivity (Wildman–Crippen MR) is 63.1 cm³/mol. The van der Waals surface area contributed by atoms with Crippen LogP contribution in [0.15, 0.2) is 0 Å². The molecule has 0 heterocycles. The van der Waals surface area contributed by atoms with Crippen LogP contribution in [0.1, 0.15) is 41.0 Å². The molecule has 1 unspecified atom stereocenters. The lowest BCUT2D eigenvalue weighted by Gasteiger charge is -2.32. The quantitative estimate of drug-likeness (QED) is 0.784. The SMILES string of the molecule is CC(C)C(C)CC(=O)N(C)C(C)(C)C(=O)O. The van der Waals surface area contributed by atoms with E-state index in [1.807, 2.05) is 6.92 Å². The highest BCUT2D eigenvalue weighted by Crippen LogP contribution is 2.19. The largest absolute Gasteiger partial charge is 0.480 e. The molecule has 0 spiro atoms. The first-order valence-electron chi connectivity index (χ1n) is 5.60. The van der Waals surface area contributed by atoms with Gasteiger partial charge in [0.25, 0.3) is 0 Å². The van der Waals surface area contributed by atoms with E-state index in [1.54, 1.807) is 7.05 Å². The molecule has 0 bridgehead atoms. The number of rotatable bonds is 5. The lowest BCUT2D eigenvalue weighted by atomic mass is 9.93. The number of likely N-dealkylation sites (N-methyl/N-ethyl adjacent to an activating group) is 1. The summed E-state index contributed by atoms with van der Waals surface area (Å²) in [6, 6.07) is 0. The lowest BCUT2D eigenvalue weighted by Crippen LogP contribution is -2.51. The van der Waals surface area contributed by atoms with Crippen LogP contribution in [0.25, 0.3) is 0 Å². The molecule has 0 saturated heterocycles. The normalized spacial score (nSPS) is 13.7. The average molecular weight is 229 g/mol. The third-order valence-corrected chi connectivity index (χ3v) is 3.37. The van der Waals surface area contributed by atoms with Gasteiger partial charge in [-0.15, -0.1) is 0 Å². The minimum absolute atomic E-state index is 0.117. The molecule has 16 heavy (non-hydrogen) atoms. The first-order valence-corrected chi connectivity index (χ1v) is 5.60. The first kappa shape index (κ1) is 14.9. The van der Waals surface area contributed by atoms with Crippen molar-refractivity contribution < 1.29 is 14.7 Å². The summed E-state index contributed by atoms with van der Waals surface area (Å²) in [6.45, 7) is 9.19. The fraction of sp³-hybridized carbons (Fsp3) is 0.833. The molecule has 1 amide bonds.